The molecule has 0 spiro atoms. The maximum Gasteiger partial charge on any atom is 0.0703 e. The minimum atomic E-state index is 1.13. The van der Waals surface area contributed by atoms with E-state index in [1.807, 2.05) is 0 Å². The van der Waals surface area contributed by atoms with Crippen LogP contribution in [0.2, 0.25) is 0 Å². The first-order chi connectivity index (χ1) is 9.65. The van der Waals surface area contributed by atoms with Gasteiger partial charge in [-0.25, -0.2) is 0 Å². The summed E-state index contributed by atoms with van der Waals surface area (Å²) in [5.74, 6) is 0. The van der Waals surface area contributed by atoms with Gasteiger partial charge in [0.2, 0.25) is 0 Å². The Bertz CT molecular complexity index is 759. The van der Waals surface area contributed by atoms with E-state index in [-0.39, 0.29) is 0 Å². The number of fused-ring (bicyclic) bond motifs is 1. The van der Waals surface area contributed by atoms with Gasteiger partial charge >= 0.3 is 0 Å². The molecule has 0 amide bonds. The van der Waals surface area contributed by atoms with E-state index in [4.69, 9.17) is 0 Å². The third-order valence-electron chi connectivity index (χ3n) is 3.51. The molecule has 0 atom stereocenters. The highest BCUT2D eigenvalue weighted by Gasteiger charge is 2.08. The number of anilines is 1. The van der Waals surface area contributed by atoms with E-state index in [1.54, 1.807) is 11.9 Å². The zero-order valence-electron chi connectivity index (χ0n) is 11.9. The minimum absolute atomic E-state index is 1.13. The highest BCUT2D eigenvalue weighted by molar-refractivity contribution is 8.00. The van der Waals surface area contributed by atoms with Gasteiger partial charge in [-0.15, -0.1) is 0 Å². The number of aromatic amines is 1. The van der Waals surface area contributed by atoms with Crippen LogP contribution in [0.25, 0.3) is 10.9 Å². The molecule has 0 saturated heterocycles. The lowest BCUT2D eigenvalue weighted by Gasteiger charge is -2.09. The molecule has 20 heavy (non-hydrogen) atoms. The fourth-order valence-electron chi connectivity index (χ4n) is 2.50. The van der Waals surface area contributed by atoms with Crippen molar-refractivity contribution in [3.05, 3.63) is 59.3 Å². The number of hydrogen-bond acceptors (Lipinski definition) is 2. The zero-order chi connectivity index (χ0) is 14.1. The molecule has 3 rings (SSSR count). The molecule has 102 valence electrons. The van der Waals surface area contributed by atoms with Crippen molar-refractivity contribution in [1.29, 1.82) is 0 Å². The van der Waals surface area contributed by atoms with Crippen molar-refractivity contribution in [2.75, 3.05) is 4.72 Å². The van der Waals surface area contributed by atoms with Crippen LogP contribution in [0.5, 0.6) is 0 Å². The number of H-pyrrole nitrogens is 1. The smallest absolute Gasteiger partial charge is 0.0703 e. The van der Waals surface area contributed by atoms with Gasteiger partial charge in [0.1, 0.15) is 0 Å². The molecule has 0 aliphatic rings. The summed E-state index contributed by atoms with van der Waals surface area (Å²) in [7, 11) is 0. The maximum atomic E-state index is 3.46. The van der Waals surface area contributed by atoms with Crippen molar-refractivity contribution in [3.8, 4) is 0 Å². The number of rotatable bonds is 3. The van der Waals surface area contributed by atoms with Crippen LogP contribution in [0.1, 0.15) is 16.7 Å². The van der Waals surface area contributed by atoms with E-state index < -0.39 is 0 Å². The van der Waals surface area contributed by atoms with Crippen molar-refractivity contribution in [2.24, 2.45) is 0 Å². The molecule has 0 bridgehead atoms. The Morgan fingerprint density at radius 1 is 1.00 bits per heavy atom. The molecule has 0 aliphatic carbocycles. The van der Waals surface area contributed by atoms with Gasteiger partial charge in [0, 0.05) is 16.5 Å². The first-order valence-electron chi connectivity index (χ1n) is 6.72. The van der Waals surface area contributed by atoms with E-state index in [0.717, 1.165) is 5.69 Å². The summed E-state index contributed by atoms with van der Waals surface area (Å²) in [6.07, 6.45) is 2.07. The zero-order valence-corrected chi connectivity index (χ0v) is 12.8. The van der Waals surface area contributed by atoms with Crippen molar-refractivity contribution < 1.29 is 0 Å². The molecule has 2 N–H and O–H groups in total. The van der Waals surface area contributed by atoms with Crippen LogP contribution in [-0.2, 0) is 0 Å². The van der Waals surface area contributed by atoms with Crippen LogP contribution in [0.15, 0.2) is 47.5 Å². The van der Waals surface area contributed by atoms with Crippen LogP contribution in [0.3, 0.4) is 0 Å². The average Bonchev–Trinajstić information content (AvgIpc) is 2.82. The SMILES string of the molecule is Cc1cccc(SNc2ccc(C)c3c(C)c[nH]c23)c1. The summed E-state index contributed by atoms with van der Waals surface area (Å²) < 4.78 is 3.46. The predicted molar refractivity (Wildman–Crippen MR) is 88.4 cm³/mol. The molecule has 3 aromatic rings. The van der Waals surface area contributed by atoms with Gasteiger partial charge in [-0.1, -0.05) is 18.2 Å². The first kappa shape index (κ1) is 13.1. The van der Waals surface area contributed by atoms with E-state index in [9.17, 15) is 0 Å². The van der Waals surface area contributed by atoms with Crippen LogP contribution in [-0.4, -0.2) is 4.98 Å². The highest BCUT2D eigenvalue weighted by atomic mass is 32.2. The Balaban J connectivity index is 1.90. The molecule has 0 aliphatic heterocycles. The summed E-state index contributed by atoms with van der Waals surface area (Å²) >= 11 is 1.65. The quantitative estimate of drug-likeness (QED) is 0.645. The Kier molecular flexibility index (Phi) is 3.45. The average molecular weight is 282 g/mol. The van der Waals surface area contributed by atoms with Crippen LogP contribution < -0.4 is 4.72 Å². The molecule has 1 heterocycles. The lowest BCUT2D eigenvalue weighted by Crippen LogP contribution is -1.90. The number of hydrogen-bond donors (Lipinski definition) is 2. The van der Waals surface area contributed by atoms with Crippen LogP contribution >= 0.6 is 11.9 Å². The molecule has 1 aromatic heterocycles. The van der Waals surface area contributed by atoms with Gasteiger partial charge in [-0.05, 0) is 67.6 Å². The lowest BCUT2D eigenvalue weighted by molar-refractivity contribution is 1.36. The van der Waals surface area contributed by atoms with Crippen molar-refractivity contribution in [1.82, 2.24) is 4.98 Å². The first-order valence-corrected chi connectivity index (χ1v) is 7.53. The Morgan fingerprint density at radius 3 is 2.65 bits per heavy atom. The molecule has 2 nitrogen and oxygen atoms in total. The van der Waals surface area contributed by atoms with Crippen molar-refractivity contribution >= 4 is 28.5 Å². The molecule has 3 heteroatoms. The molecule has 0 radical (unpaired) electrons. The van der Waals surface area contributed by atoms with Crippen molar-refractivity contribution in [2.45, 2.75) is 25.7 Å². The van der Waals surface area contributed by atoms with E-state index in [0.29, 0.717) is 0 Å². The number of benzene rings is 2. The lowest BCUT2D eigenvalue weighted by atomic mass is 10.1. The fourth-order valence-corrected chi connectivity index (χ4v) is 3.28. The normalized spacial score (nSPS) is 10.9. The van der Waals surface area contributed by atoms with Gasteiger partial charge in [-0.2, -0.15) is 0 Å². The van der Waals surface area contributed by atoms with Crippen LogP contribution in [0.4, 0.5) is 5.69 Å². The number of aryl methyl sites for hydroxylation is 3. The second-order valence-corrected chi connectivity index (χ2v) is 6.05. The topological polar surface area (TPSA) is 27.8 Å². The Hall–Kier alpha value is -1.87. The van der Waals surface area contributed by atoms with Crippen molar-refractivity contribution in [3.63, 3.8) is 0 Å². The predicted octanol–water partition coefficient (Wildman–Crippen LogP) is 5.21. The van der Waals surface area contributed by atoms with Gasteiger partial charge in [0.05, 0.1) is 11.2 Å². The second kappa shape index (κ2) is 5.25. The minimum Gasteiger partial charge on any atom is -0.359 e. The van der Waals surface area contributed by atoms with Gasteiger partial charge in [0.15, 0.2) is 0 Å². The van der Waals surface area contributed by atoms with Gasteiger partial charge in [0.25, 0.3) is 0 Å². The highest BCUT2D eigenvalue weighted by Crippen LogP contribution is 2.31. The Morgan fingerprint density at radius 2 is 1.85 bits per heavy atom. The number of nitrogens with one attached hydrogen (secondary N) is 2. The third-order valence-corrected chi connectivity index (χ3v) is 4.32. The second-order valence-electron chi connectivity index (χ2n) is 5.17. The fraction of sp³-hybridized carbons (Fsp3) is 0.176. The van der Waals surface area contributed by atoms with Gasteiger partial charge < -0.3 is 9.71 Å². The summed E-state index contributed by atoms with van der Waals surface area (Å²) in [5.41, 5.74) is 6.20. The van der Waals surface area contributed by atoms with Crippen LogP contribution in [0, 0.1) is 20.8 Å². The molecule has 2 aromatic carbocycles. The van der Waals surface area contributed by atoms with E-state index in [2.05, 4.69) is 73.1 Å². The summed E-state index contributed by atoms with van der Waals surface area (Å²) in [6, 6.07) is 12.8. The van der Waals surface area contributed by atoms with Gasteiger partial charge in [-0.3, -0.25) is 0 Å². The standard InChI is InChI=1S/C17H18N2S/c1-11-5-4-6-14(9-11)20-19-15-8-7-12(2)16-13(3)10-18-17(15)16/h4-10,18-19H,1-3H3. The monoisotopic (exact) mass is 282 g/mol. The largest absolute Gasteiger partial charge is 0.359 e. The molecular formula is C17H18N2S. The maximum absolute atomic E-state index is 3.46. The number of aromatic nitrogens is 1. The summed E-state index contributed by atoms with van der Waals surface area (Å²) in [5, 5.41) is 1.32. The van der Waals surface area contributed by atoms with E-state index in [1.165, 1.54) is 32.5 Å². The molecular weight excluding hydrogens is 264 g/mol. The Labute approximate surface area is 123 Å². The third kappa shape index (κ3) is 2.41. The molecule has 0 unspecified atom stereocenters. The molecule has 0 saturated carbocycles. The van der Waals surface area contributed by atoms with E-state index >= 15 is 0 Å². The summed E-state index contributed by atoms with van der Waals surface area (Å²) in [6.45, 7) is 6.41. The summed E-state index contributed by atoms with van der Waals surface area (Å²) in [4.78, 5) is 4.59. The molecule has 0 fully saturated rings.